The van der Waals surface area contributed by atoms with Crippen LogP contribution in [-0.2, 0) is 21.2 Å². The highest BCUT2D eigenvalue weighted by Gasteiger charge is 2.31. The monoisotopic (exact) mass is 347 g/mol. The van der Waals surface area contributed by atoms with Gasteiger partial charge in [0.2, 0.25) is 0 Å². The summed E-state index contributed by atoms with van der Waals surface area (Å²) in [4.78, 5) is 11.9. The summed E-state index contributed by atoms with van der Waals surface area (Å²) < 4.78 is 36.9. The van der Waals surface area contributed by atoms with Gasteiger partial charge in [-0.05, 0) is 48.4 Å². The molecule has 0 saturated carbocycles. The van der Waals surface area contributed by atoms with Crippen LogP contribution < -0.4 is 9.04 Å². The molecule has 3 rings (SSSR count). The zero-order valence-corrected chi connectivity index (χ0v) is 14.2. The topological polar surface area (TPSA) is 72.9 Å². The van der Waals surface area contributed by atoms with Gasteiger partial charge in [0, 0.05) is 6.54 Å². The van der Waals surface area contributed by atoms with Crippen LogP contribution in [0.3, 0.4) is 0 Å². The van der Waals surface area contributed by atoms with Gasteiger partial charge in [-0.1, -0.05) is 6.07 Å². The van der Waals surface area contributed by atoms with E-state index in [1.54, 1.807) is 30.3 Å². The molecule has 0 unspecified atom stereocenters. The third-order valence-corrected chi connectivity index (χ3v) is 5.83. The summed E-state index contributed by atoms with van der Waals surface area (Å²) in [5.74, 6) is 0.0928. The Labute approximate surface area is 140 Å². The molecule has 2 aromatic rings. The van der Waals surface area contributed by atoms with Crippen LogP contribution >= 0.6 is 0 Å². The van der Waals surface area contributed by atoms with Crippen LogP contribution in [0.1, 0.15) is 15.9 Å². The van der Waals surface area contributed by atoms with E-state index in [4.69, 9.17) is 9.47 Å². The second-order valence-corrected chi connectivity index (χ2v) is 7.20. The molecule has 0 radical (unpaired) electrons. The predicted octanol–water partition coefficient (Wildman–Crippen LogP) is 2.23. The Bertz CT molecular complexity index is 874. The standard InChI is InChI=1S/C17H17NO5S/c1-22-14-5-7-15(8-6-14)24(20,21)18-10-9-12-3-4-13(11-16(12)18)17(19)23-2/h3-8,11H,9-10H2,1-2H3. The lowest BCUT2D eigenvalue weighted by Gasteiger charge is -2.20. The number of nitrogens with zero attached hydrogens (tertiary/aromatic N) is 1. The van der Waals surface area contributed by atoms with E-state index in [2.05, 4.69) is 0 Å². The van der Waals surface area contributed by atoms with E-state index in [0.29, 0.717) is 30.0 Å². The van der Waals surface area contributed by atoms with Crippen LogP contribution in [0.25, 0.3) is 0 Å². The lowest BCUT2D eigenvalue weighted by Crippen LogP contribution is -2.29. The Morgan fingerprint density at radius 2 is 1.79 bits per heavy atom. The summed E-state index contributed by atoms with van der Waals surface area (Å²) in [6.45, 7) is 0.342. The van der Waals surface area contributed by atoms with Gasteiger partial charge in [0.05, 0.1) is 30.4 Å². The van der Waals surface area contributed by atoms with Crippen LogP contribution in [0.5, 0.6) is 5.75 Å². The number of benzene rings is 2. The van der Waals surface area contributed by atoms with E-state index in [0.717, 1.165) is 5.56 Å². The number of rotatable bonds is 4. The minimum atomic E-state index is -3.70. The van der Waals surface area contributed by atoms with Crippen LogP contribution in [0.4, 0.5) is 5.69 Å². The molecule has 7 heteroatoms. The van der Waals surface area contributed by atoms with Crippen molar-refractivity contribution in [1.82, 2.24) is 0 Å². The number of hydrogen-bond donors (Lipinski definition) is 0. The summed E-state index contributed by atoms with van der Waals surface area (Å²) in [7, 11) is -0.885. The van der Waals surface area contributed by atoms with Crippen molar-refractivity contribution in [2.45, 2.75) is 11.3 Å². The van der Waals surface area contributed by atoms with E-state index in [9.17, 15) is 13.2 Å². The van der Waals surface area contributed by atoms with E-state index in [1.165, 1.54) is 30.7 Å². The molecule has 0 spiro atoms. The maximum atomic E-state index is 12.9. The van der Waals surface area contributed by atoms with Crippen LogP contribution in [-0.4, -0.2) is 35.2 Å². The molecule has 0 atom stereocenters. The van der Waals surface area contributed by atoms with Crippen LogP contribution in [0.15, 0.2) is 47.4 Å². The fourth-order valence-electron chi connectivity index (χ4n) is 2.72. The van der Waals surface area contributed by atoms with Gasteiger partial charge in [0.1, 0.15) is 5.75 Å². The maximum Gasteiger partial charge on any atom is 0.337 e. The van der Waals surface area contributed by atoms with Crippen molar-refractivity contribution >= 4 is 21.7 Å². The Morgan fingerprint density at radius 3 is 2.42 bits per heavy atom. The molecule has 0 N–H and O–H groups in total. The summed E-state index contributed by atoms with van der Waals surface area (Å²) in [5, 5.41) is 0. The van der Waals surface area contributed by atoms with Crippen molar-refractivity contribution in [2.24, 2.45) is 0 Å². The molecule has 24 heavy (non-hydrogen) atoms. The number of methoxy groups -OCH3 is 2. The van der Waals surface area contributed by atoms with E-state index in [-0.39, 0.29) is 4.90 Å². The van der Waals surface area contributed by atoms with E-state index >= 15 is 0 Å². The Morgan fingerprint density at radius 1 is 1.08 bits per heavy atom. The normalized spacial score (nSPS) is 13.5. The number of ether oxygens (including phenoxy) is 2. The number of sulfonamides is 1. The van der Waals surface area contributed by atoms with Gasteiger partial charge in [-0.15, -0.1) is 0 Å². The number of carbonyl (C=O) groups is 1. The summed E-state index contributed by atoms with van der Waals surface area (Å²) in [5.41, 5.74) is 1.74. The average molecular weight is 347 g/mol. The number of esters is 1. The first-order chi connectivity index (χ1) is 11.5. The van der Waals surface area contributed by atoms with Gasteiger partial charge in [-0.25, -0.2) is 13.2 Å². The Hall–Kier alpha value is -2.54. The van der Waals surface area contributed by atoms with Crippen molar-refractivity contribution in [2.75, 3.05) is 25.1 Å². The molecule has 0 saturated heterocycles. The third kappa shape index (κ3) is 2.71. The molecule has 1 aliphatic heterocycles. The number of fused-ring (bicyclic) bond motifs is 1. The van der Waals surface area contributed by atoms with Crippen molar-refractivity contribution < 1.29 is 22.7 Å². The number of hydrogen-bond acceptors (Lipinski definition) is 5. The highest BCUT2D eigenvalue weighted by Crippen LogP contribution is 2.34. The number of carbonyl (C=O) groups excluding carboxylic acids is 1. The lowest BCUT2D eigenvalue weighted by molar-refractivity contribution is 0.0600. The van der Waals surface area contributed by atoms with Gasteiger partial charge in [-0.3, -0.25) is 4.31 Å². The lowest BCUT2D eigenvalue weighted by atomic mass is 10.1. The summed E-state index contributed by atoms with van der Waals surface area (Å²) in [6, 6.07) is 11.2. The minimum Gasteiger partial charge on any atom is -0.497 e. The second kappa shape index (κ2) is 6.16. The van der Waals surface area contributed by atoms with E-state index in [1.807, 2.05) is 0 Å². The summed E-state index contributed by atoms with van der Waals surface area (Å²) in [6.07, 6.45) is 0.603. The van der Waals surface area contributed by atoms with Crippen molar-refractivity contribution in [1.29, 1.82) is 0 Å². The van der Waals surface area contributed by atoms with Gasteiger partial charge in [0.15, 0.2) is 0 Å². The highest BCUT2D eigenvalue weighted by atomic mass is 32.2. The number of anilines is 1. The van der Waals surface area contributed by atoms with Gasteiger partial charge in [-0.2, -0.15) is 0 Å². The molecule has 0 aliphatic carbocycles. The molecule has 0 bridgehead atoms. The smallest absolute Gasteiger partial charge is 0.337 e. The van der Waals surface area contributed by atoms with Crippen molar-refractivity contribution in [3.63, 3.8) is 0 Å². The fourth-order valence-corrected chi connectivity index (χ4v) is 4.21. The van der Waals surface area contributed by atoms with Gasteiger partial charge >= 0.3 is 5.97 Å². The Kier molecular flexibility index (Phi) is 4.19. The van der Waals surface area contributed by atoms with E-state index < -0.39 is 16.0 Å². The average Bonchev–Trinajstić information content (AvgIpc) is 3.05. The van der Waals surface area contributed by atoms with Crippen molar-refractivity contribution in [3.8, 4) is 5.75 Å². The third-order valence-electron chi connectivity index (χ3n) is 4.01. The molecule has 6 nitrogen and oxygen atoms in total. The summed E-state index contributed by atoms with van der Waals surface area (Å²) >= 11 is 0. The molecule has 2 aromatic carbocycles. The van der Waals surface area contributed by atoms with Crippen LogP contribution in [0, 0.1) is 0 Å². The van der Waals surface area contributed by atoms with Crippen molar-refractivity contribution in [3.05, 3.63) is 53.6 Å². The minimum absolute atomic E-state index is 0.180. The highest BCUT2D eigenvalue weighted by molar-refractivity contribution is 7.92. The first-order valence-electron chi connectivity index (χ1n) is 7.35. The molecule has 1 heterocycles. The molecular formula is C17H17NO5S. The quantitative estimate of drug-likeness (QED) is 0.793. The molecule has 1 aliphatic rings. The second-order valence-electron chi connectivity index (χ2n) is 5.34. The Balaban J connectivity index is 2.01. The zero-order valence-electron chi connectivity index (χ0n) is 13.4. The first kappa shape index (κ1) is 16.3. The molecule has 0 amide bonds. The molecular weight excluding hydrogens is 330 g/mol. The van der Waals surface area contributed by atoms with Crippen LogP contribution in [0.2, 0.25) is 0 Å². The molecule has 0 fully saturated rings. The van der Waals surface area contributed by atoms with Gasteiger partial charge in [0.25, 0.3) is 10.0 Å². The fraction of sp³-hybridized carbons (Fsp3) is 0.235. The largest absolute Gasteiger partial charge is 0.497 e. The molecule has 0 aromatic heterocycles. The SMILES string of the molecule is COC(=O)c1ccc2c(c1)N(S(=O)(=O)c1ccc(OC)cc1)CC2. The van der Waals surface area contributed by atoms with Gasteiger partial charge < -0.3 is 9.47 Å². The predicted molar refractivity (Wildman–Crippen MR) is 89.0 cm³/mol. The molecule has 126 valence electrons. The zero-order chi connectivity index (χ0) is 17.3. The maximum absolute atomic E-state index is 12.9. The first-order valence-corrected chi connectivity index (χ1v) is 8.79.